The molecule has 0 aliphatic rings. The molecule has 1 aromatic carbocycles. The standard InChI is InChI=1S/C12H14O4.C10H18O4.C9H20O3/c1-3-15-11(13)9-7-5-6-8-10(9)12(14)16-4-2;1-3-13-9(11)7-5-6-8-10(12)14-4-2;1-7(2)11-6-9(4)12-5-8(3)10/h5-8H,3-4H2,1-2H3;3-8H2,1-2H3;7-10H,5-6H2,1-4H3. The smallest absolute Gasteiger partial charge is 0.338 e. The molecule has 0 bridgehead atoms. The molecule has 2 unspecified atom stereocenters. The van der Waals surface area contributed by atoms with Gasteiger partial charge in [0, 0.05) is 12.8 Å². The topological polar surface area (TPSA) is 144 Å². The van der Waals surface area contributed by atoms with E-state index in [4.69, 9.17) is 33.5 Å². The van der Waals surface area contributed by atoms with Crippen molar-refractivity contribution in [1.82, 2.24) is 0 Å². The summed E-state index contributed by atoms with van der Waals surface area (Å²) in [6, 6.07) is 6.44. The number of aliphatic hydroxyl groups excluding tert-OH is 1. The van der Waals surface area contributed by atoms with Gasteiger partial charge in [-0.2, -0.15) is 0 Å². The van der Waals surface area contributed by atoms with Crippen LogP contribution in [0, 0.1) is 0 Å². The molecular formula is C31H52O11. The van der Waals surface area contributed by atoms with Gasteiger partial charge in [0.2, 0.25) is 0 Å². The zero-order valence-electron chi connectivity index (χ0n) is 26.6. The summed E-state index contributed by atoms with van der Waals surface area (Å²) in [6.45, 7) is 16.9. The highest BCUT2D eigenvalue weighted by Crippen LogP contribution is 2.12. The number of benzene rings is 1. The molecule has 11 nitrogen and oxygen atoms in total. The van der Waals surface area contributed by atoms with Crippen molar-refractivity contribution in [2.24, 2.45) is 0 Å². The third-order valence-corrected chi connectivity index (χ3v) is 4.83. The maximum Gasteiger partial charge on any atom is 0.338 e. The Morgan fingerprint density at radius 3 is 1.38 bits per heavy atom. The van der Waals surface area contributed by atoms with Crippen LogP contribution >= 0.6 is 0 Å². The second-order valence-electron chi connectivity index (χ2n) is 9.18. The zero-order valence-corrected chi connectivity index (χ0v) is 26.6. The molecule has 242 valence electrons. The van der Waals surface area contributed by atoms with Gasteiger partial charge >= 0.3 is 23.9 Å². The van der Waals surface area contributed by atoms with Crippen molar-refractivity contribution >= 4 is 23.9 Å². The van der Waals surface area contributed by atoms with Crippen molar-refractivity contribution in [1.29, 1.82) is 0 Å². The molecule has 0 heterocycles. The van der Waals surface area contributed by atoms with Crippen LogP contribution in [0.3, 0.4) is 0 Å². The van der Waals surface area contributed by atoms with E-state index in [1.54, 1.807) is 58.9 Å². The quantitative estimate of drug-likeness (QED) is 0.148. The van der Waals surface area contributed by atoms with Gasteiger partial charge in [-0.1, -0.05) is 12.1 Å². The second-order valence-corrected chi connectivity index (χ2v) is 9.18. The highest BCUT2D eigenvalue weighted by molar-refractivity contribution is 6.03. The summed E-state index contributed by atoms with van der Waals surface area (Å²) in [5, 5.41) is 8.91. The minimum atomic E-state index is -0.508. The monoisotopic (exact) mass is 600 g/mol. The number of unbranched alkanes of at least 4 members (excludes halogenated alkanes) is 1. The lowest BCUT2D eigenvalue weighted by molar-refractivity contribution is -0.145. The van der Waals surface area contributed by atoms with Gasteiger partial charge in [0.25, 0.3) is 0 Å². The molecule has 0 amide bonds. The second kappa shape index (κ2) is 26.9. The van der Waals surface area contributed by atoms with E-state index in [1.165, 1.54) is 0 Å². The van der Waals surface area contributed by atoms with Gasteiger partial charge in [-0.25, -0.2) is 9.59 Å². The van der Waals surface area contributed by atoms with Crippen LogP contribution in [0.25, 0.3) is 0 Å². The number of hydrogen-bond donors (Lipinski definition) is 1. The third-order valence-electron chi connectivity index (χ3n) is 4.83. The van der Waals surface area contributed by atoms with Crippen LogP contribution in [0.1, 0.15) is 102 Å². The molecule has 1 rings (SSSR count). The summed E-state index contributed by atoms with van der Waals surface area (Å²) in [5.41, 5.74) is 0.477. The van der Waals surface area contributed by atoms with Crippen LogP contribution in [-0.4, -0.2) is 86.9 Å². The number of ether oxygens (including phenoxy) is 6. The number of rotatable bonds is 17. The van der Waals surface area contributed by atoms with E-state index in [9.17, 15) is 19.2 Å². The Bertz CT molecular complexity index is 799. The Kier molecular flexibility index (Phi) is 26.3. The number of carbonyl (C=O) groups is 4. The van der Waals surface area contributed by atoms with Crippen molar-refractivity contribution in [3.63, 3.8) is 0 Å². The van der Waals surface area contributed by atoms with Gasteiger partial charge in [0.05, 0.1) is 69.1 Å². The molecule has 0 saturated heterocycles. The van der Waals surface area contributed by atoms with Crippen LogP contribution < -0.4 is 0 Å². The maximum atomic E-state index is 11.5. The molecule has 42 heavy (non-hydrogen) atoms. The number of aliphatic hydroxyl groups is 1. The molecule has 1 N–H and O–H groups in total. The summed E-state index contributed by atoms with van der Waals surface area (Å²) in [4.78, 5) is 44.8. The fraction of sp³-hybridized carbons (Fsp3) is 0.677. The van der Waals surface area contributed by atoms with Crippen LogP contribution in [0.2, 0.25) is 0 Å². The predicted molar refractivity (Wildman–Crippen MR) is 158 cm³/mol. The Labute approximate surface area is 251 Å². The van der Waals surface area contributed by atoms with E-state index in [-0.39, 0.29) is 48.5 Å². The van der Waals surface area contributed by atoms with Gasteiger partial charge in [-0.05, 0) is 80.4 Å². The lowest BCUT2D eigenvalue weighted by Crippen LogP contribution is -2.22. The number of carbonyl (C=O) groups excluding carboxylic acids is 4. The Morgan fingerprint density at radius 2 is 1.05 bits per heavy atom. The molecular weight excluding hydrogens is 548 g/mol. The van der Waals surface area contributed by atoms with Gasteiger partial charge in [0.1, 0.15) is 0 Å². The van der Waals surface area contributed by atoms with E-state index in [0.29, 0.717) is 52.1 Å². The summed E-state index contributed by atoms with van der Waals surface area (Å²) in [6.07, 6.45) is 2.02. The summed E-state index contributed by atoms with van der Waals surface area (Å²) in [5.74, 6) is -1.41. The lowest BCUT2D eigenvalue weighted by atomic mass is 10.1. The van der Waals surface area contributed by atoms with Gasteiger partial charge in [-0.15, -0.1) is 0 Å². The molecule has 0 spiro atoms. The lowest BCUT2D eigenvalue weighted by Gasteiger charge is -2.15. The van der Waals surface area contributed by atoms with Crippen LogP contribution in [0.4, 0.5) is 0 Å². The fourth-order valence-electron chi connectivity index (χ4n) is 2.94. The van der Waals surface area contributed by atoms with Crippen molar-refractivity contribution in [2.45, 2.75) is 99.4 Å². The molecule has 0 fully saturated rings. The fourth-order valence-corrected chi connectivity index (χ4v) is 2.94. The van der Waals surface area contributed by atoms with E-state index < -0.39 is 18.0 Å². The van der Waals surface area contributed by atoms with Crippen LogP contribution in [-0.2, 0) is 38.0 Å². The summed E-state index contributed by atoms with van der Waals surface area (Å²) in [7, 11) is 0. The number of hydrogen-bond acceptors (Lipinski definition) is 11. The van der Waals surface area contributed by atoms with E-state index in [2.05, 4.69) is 0 Å². The highest BCUT2D eigenvalue weighted by Gasteiger charge is 2.18. The first kappa shape index (κ1) is 41.1. The summed E-state index contributed by atoms with van der Waals surface area (Å²) < 4.78 is 29.8. The molecule has 2 atom stereocenters. The average molecular weight is 601 g/mol. The Balaban J connectivity index is 0. The van der Waals surface area contributed by atoms with E-state index in [1.807, 2.05) is 20.8 Å². The molecule has 0 aliphatic heterocycles. The molecule has 0 radical (unpaired) electrons. The molecule has 1 aromatic rings. The minimum absolute atomic E-state index is 0.0574. The van der Waals surface area contributed by atoms with Gasteiger partial charge in [0.15, 0.2) is 0 Å². The predicted octanol–water partition coefficient (Wildman–Crippen LogP) is 4.91. The van der Waals surface area contributed by atoms with Crippen molar-refractivity contribution in [3.8, 4) is 0 Å². The third kappa shape index (κ3) is 23.7. The van der Waals surface area contributed by atoms with E-state index >= 15 is 0 Å². The van der Waals surface area contributed by atoms with Crippen LogP contribution in [0.5, 0.6) is 0 Å². The SMILES string of the molecule is CC(O)COC(C)COC(C)C.CCOC(=O)CCCCC(=O)OCC.CCOC(=O)c1ccccc1C(=O)OCC. The largest absolute Gasteiger partial charge is 0.466 e. The first-order valence-corrected chi connectivity index (χ1v) is 14.6. The van der Waals surface area contributed by atoms with Crippen LogP contribution in [0.15, 0.2) is 24.3 Å². The first-order valence-electron chi connectivity index (χ1n) is 14.6. The minimum Gasteiger partial charge on any atom is -0.466 e. The first-order chi connectivity index (χ1) is 19.9. The zero-order chi connectivity index (χ0) is 32.3. The highest BCUT2D eigenvalue weighted by atomic mass is 16.6. The Morgan fingerprint density at radius 1 is 0.643 bits per heavy atom. The van der Waals surface area contributed by atoms with Gasteiger partial charge in [-0.3, -0.25) is 9.59 Å². The number of esters is 4. The van der Waals surface area contributed by atoms with Crippen molar-refractivity contribution in [2.75, 3.05) is 39.6 Å². The molecule has 0 aliphatic carbocycles. The molecule has 0 aromatic heterocycles. The normalized spacial score (nSPS) is 11.6. The van der Waals surface area contributed by atoms with Gasteiger partial charge < -0.3 is 33.5 Å². The van der Waals surface area contributed by atoms with E-state index in [0.717, 1.165) is 0 Å². The molecule has 11 heteroatoms. The van der Waals surface area contributed by atoms with Crippen molar-refractivity contribution in [3.05, 3.63) is 35.4 Å². The molecule has 0 saturated carbocycles. The average Bonchev–Trinajstić information content (AvgIpc) is 2.94. The maximum absolute atomic E-state index is 11.5. The Hall–Kier alpha value is -3.02. The van der Waals surface area contributed by atoms with Crippen molar-refractivity contribution < 1.29 is 52.7 Å². The summed E-state index contributed by atoms with van der Waals surface area (Å²) >= 11 is 0.